The molecule has 0 amide bonds. The van der Waals surface area contributed by atoms with Crippen molar-refractivity contribution in [1.82, 2.24) is 9.88 Å². The number of nitrogens with zero attached hydrogens (tertiary/aromatic N) is 2. The number of alkyl halides is 2. The Morgan fingerprint density at radius 3 is 2.76 bits per heavy atom. The number of ether oxygens (including phenoxy) is 2. The third-order valence-corrected chi connectivity index (χ3v) is 6.05. The first-order valence-corrected chi connectivity index (χ1v) is 9.95. The molecule has 0 saturated carbocycles. The number of halogens is 2. The molecule has 2 aliphatic rings. The van der Waals surface area contributed by atoms with Gasteiger partial charge >= 0.3 is 0 Å². The van der Waals surface area contributed by atoms with E-state index in [2.05, 4.69) is 9.88 Å². The standard InChI is InChI=1S/C17H27F2N3O2S/c18-17(19)15-16(25-11-21-15)13(9-20)22-6-4-12(5-7-22)10-24-14-3-1-2-8-23-14/h11-14,17H,1-10,20H2. The SMILES string of the molecule is NCC(c1scnc1C(F)F)N1CCC(COC2CCCCO2)CC1. The Kier molecular flexibility index (Phi) is 7.12. The highest BCUT2D eigenvalue weighted by Gasteiger charge is 2.30. The fraction of sp³-hybridized carbons (Fsp3) is 0.824. The Balaban J connectivity index is 1.49. The Morgan fingerprint density at radius 1 is 1.32 bits per heavy atom. The van der Waals surface area contributed by atoms with Crippen LogP contribution in [-0.4, -0.2) is 49.0 Å². The molecule has 0 radical (unpaired) electrons. The molecule has 5 nitrogen and oxygen atoms in total. The smallest absolute Gasteiger partial charge is 0.281 e. The van der Waals surface area contributed by atoms with E-state index in [-0.39, 0.29) is 18.0 Å². The number of rotatable bonds is 7. The molecule has 2 atom stereocenters. The minimum atomic E-state index is -2.54. The summed E-state index contributed by atoms with van der Waals surface area (Å²) in [6.45, 7) is 3.54. The van der Waals surface area contributed by atoms with Crippen molar-refractivity contribution in [1.29, 1.82) is 0 Å². The summed E-state index contributed by atoms with van der Waals surface area (Å²) in [5.74, 6) is 0.497. The molecule has 0 aromatic carbocycles. The molecule has 25 heavy (non-hydrogen) atoms. The van der Waals surface area contributed by atoms with Gasteiger partial charge in [0.1, 0.15) is 5.69 Å². The second-order valence-electron chi connectivity index (χ2n) is 6.76. The van der Waals surface area contributed by atoms with E-state index >= 15 is 0 Å². The molecular weight excluding hydrogens is 348 g/mol. The Morgan fingerprint density at radius 2 is 2.12 bits per heavy atom. The third-order valence-electron chi connectivity index (χ3n) is 5.10. The Bertz CT molecular complexity index is 518. The van der Waals surface area contributed by atoms with Gasteiger partial charge in [0.25, 0.3) is 6.43 Å². The molecule has 2 aliphatic heterocycles. The van der Waals surface area contributed by atoms with Crippen LogP contribution in [0.2, 0.25) is 0 Å². The molecule has 2 saturated heterocycles. The minimum absolute atomic E-state index is 0.0469. The molecule has 142 valence electrons. The van der Waals surface area contributed by atoms with E-state index in [1.807, 2.05) is 0 Å². The lowest BCUT2D eigenvalue weighted by atomic mass is 9.96. The average molecular weight is 375 g/mol. The maximum Gasteiger partial charge on any atom is 0.281 e. The highest BCUT2D eigenvalue weighted by molar-refractivity contribution is 7.09. The predicted molar refractivity (Wildman–Crippen MR) is 92.7 cm³/mol. The number of thiazole rings is 1. The lowest BCUT2D eigenvalue weighted by Crippen LogP contribution is -2.41. The van der Waals surface area contributed by atoms with Gasteiger partial charge in [-0.3, -0.25) is 4.90 Å². The van der Waals surface area contributed by atoms with E-state index in [0.717, 1.165) is 45.4 Å². The Hall–Kier alpha value is -0.670. The number of hydrogen-bond acceptors (Lipinski definition) is 6. The van der Waals surface area contributed by atoms with Gasteiger partial charge < -0.3 is 15.2 Å². The zero-order chi connectivity index (χ0) is 17.6. The van der Waals surface area contributed by atoms with Crippen LogP contribution in [0.15, 0.2) is 5.51 Å². The molecule has 0 bridgehead atoms. The van der Waals surface area contributed by atoms with Gasteiger partial charge in [-0.2, -0.15) is 0 Å². The van der Waals surface area contributed by atoms with Crippen molar-refractivity contribution >= 4 is 11.3 Å². The fourth-order valence-corrected chi connectivity index (χ4v) is 4.56. The summed E-state index contributed by atoms with van der Waals surface area (Å²) in [5.41, 5.74) is 7.29. The van der Waals surface area contributed by atoms with Crippen molar-refractivity contribution in [3.8, 4) is 0 Å². The summed E-state index contributed by atoms with van der Waals surface area (Å²) in [4.78, 5) is 6.66. The van der Waals surface area contributed by atoms with Crippen molar-refractivity contribution in [2.24, 2.45) is 11.7 Å². The van der Waals surface area contributed by atoms with E-state index in [9.17, 15) is 8.78 Å². The monoisotopic (exact) mass is 375 g/mol. The summed E-state index contributed by atoms with van der Waals surface area (Å²) in [7, 11) is 0. The molecule has 2 unspecified atom stereocenters. The second-order valence-corrected chi connectivity index (χ2v) is 7.65. The first kappa shape index (κ1) is 19.1. The van der Waals surface area contributed by atoms with Crippen LogP contribution < -0.4 is 5.73 Å². The van der Waals surface area contributed by atoms with E-state index < -0.39 is 6.43 Å². The van der Waals surface area contributed by atoms with Crippen LogP contribution in [0.4, 0.5) is 8.78 Å². The third kappa shape index (κ3) is 4.95. The molecule has 1 aromatic heterocycles. The zero-order valence-electron chi connectivity index (χ0n) is 14.4. The first-order valence-electron chi connectivity index (χ1n) is 9.07. The maximum absolute atomic E-state index is 13.1. The van der Waals surface area contributed by atoms with Gasteiger partial charge in [-0.25, -0.2) is 13.8 Å². The number of nitrogens with two attached hydrogens (primary N) is 1. The van der Waals surface area contributed by atoms with Crippen molar-refractivity contribution in [3.63, 3.8) is 0 Å². The van der Waals surface area contributed by atoms with Crippen LogP contribution in [0.3, 0.4) is 0 Å². The van der Waals surface area contributed by atoms with Crippen molar-refractivity contribution < 1.29 is 18.3 Å². The van der Waals surface area contributed by atoms with E-state index in [4.69, 9.17) is 15.2 Å². The average Bonchev–Trinajstić information content (AvgIpc) is 3.12. The summed E-state index contributed by atoms with van der Waals surface area (Å²) < 4.78 is 37.7. The van der Waals surface area contributed by atoms with Gasteiger partial charge in [0.2, 0.25) is 0 Å². The number of aromatic nitrogens is 1. The van der Waals surface area contributed by atoms with Gasteiger partial charge in [0.05, 0.1) is 23.0 Å². The molecule has 0 aliphatic carbocycles. The van der Waals surface area contributed by atoms with Gasteiger partial charge in [0, 0.05) is 13.2 Å². The summed E-state index contributed by atoms with van der Waals surface area (Å²) >= 11 is 1.28. The Labute approximate surface area is 151 Å². The predicted octanol–water partition coefficient (Wildman–Crippen LogP) is 3.34. The zero-order valence-corrected chi connectivity index (χ0v) is 15.2. The molecule has 3 rings (SSSR count). The first-order chi connectivity index (χ1) is 12.2. The molecule has 8 heteroatoms. The lowest BCUT2D eigenvalue weighted by Gasteiger charge is -2.37. The summed E-state index contributed by atoms with van der Waals surface area (Å²) in [6.07, 6.45) is 2.67. The molecule has 2 fully saturated rings. The van der Waals surface area contributed by atoms with E-state index in [0.29, 0.717) is 23.9 Å². The molecule has 1 aromatic rings. The second kappa shape index (κ2) is 9.32. The number of piperidine rings is 1. The van der Waals surface area contributed by atoms with Crippen LogP contribution in [0.1, 0.15) is 55.1 Å². The summed E-state index contributed by atoms with van der Waals surface area (Å²) in [5, 5.41) is 0. The van der Waals surface area contributed by atoms with Crippen molar-refractivity contribution in [2.45, 2.75) is 50.9 Å². The lowest BCUT2D eigenvalue weighted by molar-refractivity contribution is -0.171. The quantitative estimate of drug-likeness (QED) is 0.792. The molecular formula is C17H27F2N3O2S. The number of hydrogen-bond donors (Lipinski definition) is 1. The van der Waals surface area contributed by atoms with Gasteiger partial charge in [0.15, 0.2) is 6.29 Å². The number of likely N-dealkylation sites (tertiary alicyclic amines) is 1. The van der Waals surface area contributed by atoms with Gasteiger partial charge in [-0.15, -0.1) is 11.3 Å². The van der Waals surface area contributed by atoms with Crippen LogP contribution in [0.25, 0.3) is 0 Å². The van der Waals surface area contributed by atoms with Crippen LogP contribution in [0.5, 0.6) is 0 Å². The van der Waals surface area contributed by atoms with Crippen molar-refractivity contribution in [2.75, 3.05) is 32.8 Å². The molecule has 3 heterocycles. The molecule has 2 N–H and O–H groups in total. The van der Waals surface area contributed by atoms with E-state index in [1.54, 1.807) is 0 Å². The molecule has 0 spiro atoms. The maximum atomic E-state index is 13.1. The topological polar surface area (TPSA) is 60.6 Å². The van der Waals surface area contributed by atoms with Crippen LogP contribution in [-0.2, 0) is 9.47 Å². The highest BCUT2D eigenvalue weighted by atomic mass is 32.1. The fourth-order valence-electron chi connectivity index (χ4n) is 3.62. The van der Waals surface area contributed by atoms with Gasteiger partial charge in [-0.05, 0) is 51.1 Å². The van der Waals surface area contributed by atoms with Crippen LogP contribution in [0, 0.1) is 5.92 Å². The van der Waals surface area contributed by atoms with E-state index in [1.165, 1.54) is 23.3 Å². The van der Waals surface area contributed by atoms with Crippen molar-refractivity contribution in [3.05, 3.63) is 16.1 Å². The normalized spacial score (nSPS) is 24.7. The highest BCUT2D eigenvalue weighted by Crippen LogP contribution is 2.34. The van der Waals surface area contributed by atoms with Gasteiger partial charge in [-0.1, -0.05) is 0 Å². The summed E-state index contributed by atoms with van der Waals surface area (Å²) in [6, 6.07) is -0.167. The minimum Gasteiger partial charge on any atom is -0.353 e. The largest absolute Gasteiger partial charge is 0.353 e. The van der Waals surface area contributed by atoms with Crippen LogP contribution >= 0.6 is 11.3 Å².